The zero-order valence-corrected chi connectivity index (χ0v) is 21.7. The first-order chi connectivity index (χ1) is 17.7. The lowest BCUT2D eigenvalue weighted by molar-refractivity contribution is -0.138. The first kappa shape index (κ1) is 31.0. The van der Waals surface area contributed by atoms with E-state index in [4.69, 9.17) is 10.0 Å². The zero-order chi connectivity index (χ0) is 28.5. The standard InChI is InChI=1S/C13H10F3N.C7H6BF3O2.C6H6BrN/c1-9-5-6-11(8-17-9)10-3-2-4-12(7-10)13(14,15)16;9-7(10,11)5-2-1-3-6(4-5)8(12)13;1-5-2-3-6(7)4-8-5/h2-8H,1H3;1-4,12-13H;2-4H,1H3. The molecule has 38 heavy (non-hydrogen) atoms. The van der Waals surface area contributed by atoms with Gasteiger partial charge in [0.25, 0.3) is 0 Å². The van der Waals surface area contributed by atoms with Crippen molar-refractivity contribution in [2.45, 2.75) is 26.2 Å². The van der Waals surface area contributed by atoms with Crippen LogP contribution in [0.25, 0.3) is 11.1 Å². The molecule has 200 valence electrons. The molecule has 0 unspecified atom stereocenters. The maximum Gasteiger partial charge on any atom is 0.488 e. The van der Waals surface area contributed by atoms with Crippen LogP contribution in [0.15, 0.2) is 89.7 Å². The molecule has 0 aliphatic carbocycles. The Kier molecular flexibility index (Phi) is 11.0. The molecule has 4 aromatic rings. The summed E-state index contributed by atoms with van der Waals surface area (Å²) in [6, 6.07) is 16.6. The summed E-state index contributed by atoms with van der Waals surface area (Å²) in [5, 5.41) is 17.2. The molecule has 0 spiro atoms. The van der Waals surface area contributed by atoms with Crippen molar-refractivity contribution < 1.29 is 36.4 Å². The summed E-state index contributed by atoms with van der Waals surface area (Å²) in [7, 11) is -1.87. The van der Waals surface area contributed by atoms with Crippen LogP contribution < -0.4 is 5.46 Å². The highest BCUT2D eigenvalue weighted by Gasteiger charge is 2.31. The summed E-state index contributed by atoms with van der Waals surface area (Å²) in [6.45, 7) is 3.79. The molecule has 0 atom stereocenters. The number of pyridine rings is 2. The predicted molar refractivity (Wildman–Crippen MR) is 137 cm³/mol. The minimum absolute atomic E-state index is 0.171. The van der Waals surface area contributed by atoms with Gasteiger partial charge in [0.15, 0.2) is 0 Å². The Bertz CT molecular complexity index is 1280. The second kappa shape index (κ2) is 13.5. The lowest BCUT2D eigenvalue weighted by Gasteiger charge is -2.08. The van der Waals surface area contributed by atoms with Crippen LogP contribution in [0.4, 0.5) is 26.3 Å². The van der Waals surface area contributed by atoms with E-state index in [2.05, 4.69) is 25.9 Å². The molecule has 2 aromatic carbocycles. The third-order valence-electron chi connectivity index (χ3n) is 4.82. The predicted octanol–water partition coefficient (Wildman–Crippen LogP) is 6.61. The molecule has 2 heterocycles. The first-order valence-electron chi connectivity index (χ1n) is 10.9. The van der Waals surface area contributed by atoms with Gasteiger partial charge in [0.2, 0.25) is 0 Å². The number of rotatable bonds is 2. The molecule has 2 N–H and O–H groups in total. The van der Waals surface area contributed by atoms with Crippen LogP contribution in [-0.4, -0.2) is 27.1 Å². The smallest absolute Gasteiger partial charge is 0.423 e. The van der Waals surface area contributed by atoms with Crippen molar-refractivity contribution in [3.8, 4) is 11.1 Å². The number of hydrogen-bond acceptors (Lipinski definition) is 4. The van der Waals surface area contributed by atoms with Crippen molar-refractivity contribution in [3.63, 3.8) is 0 Å². The Morgan fingerprint density at radius 2 is 1.18 bits per heavy atom. The Balaban J connectivity index is 0.000000214. The van der Waals surface area contributed by atoms with Gasteiger partial charge in [-0.1, -0.05) is 42.5 Å². The third kappa shape index (κ3) is 10.3. The number of aromatic nitrogens is 2. The van der Waals surface area contributed by atoms with Crippen molar-refractivity contribution >= 4 is 28.5 Å². The molecule has 0 aliphatic rings. The van der Waals surface area contributed by atoms with Crippen molar-refractivity contribution in [1.82, 2.24) is 9.97 Å². The Labute approximate surface area is 224 Å². The van der Waals surface area contributed by atoms with E-state index >= 15 is 0 Å². The number of aryl methyl sites for hydroxylation is 2. The number of halogens is 7. The number of hydrogen-bond donors (Lipinski definition) is 2. The van der Waals surface area contributed by atoms with Gasteiger partial charge in [-0.2, -0.15) is 26.3 Å². The number of alkyl halides is 6. The van der Waals surface area contributed by atoms with Crippen molar-refractivity contribution in [2.24, 2.45) is 0 Å². The molecule has 0 amide bonds. The van der Waals surface area contributed by atoms with Crippen LogP contribution in [0.2, 0.25) is 0 Å². The molecule has 0 radical (unpaired) electrons. The van der Waals surface area contributed by atoms with E-state index in [1.807, 2.05) is 26.0 Å². The number of benzene rings is 2. The zero-order valence-electron chi connectivity index (χ0n) is 20.1. The summed E-state index contributed by atoms with van der Waals surface area (Å²) < 4.78 is 74.8. The quantitative estimate of drug-likeness (QED) is 0.201. The fourth-order valence-electron chi connectivity index (χ4n) is 2.84. The molecule has 0 saturated heterocycles. The minimum atomic E-state index is -4.45. The van der Waals surface area contributed by atoms with Gasteiger partial charge < -0.3 is 10.0 Å². The van der Waals surface area contributed by atoms with E-state index in [-0.39, 0.29) is 5.46 Å². The summed E-state index contributed by atoms with van der Waals surface area (Å²) >= 11 is 3.28. The average molecular weight is 599 g/mol. The van der Waals surface area contributed by atoms with Crippen LogP contribution >= 0.6 is 15.9 Å². The van der Waals surface area contributed by atoms with Crippen molar-refractivity contribution in [3.05, 3.63) is 112 Å². The molecule has 0 fully saturated rings. The molecule has 0 bridgehead atoms. The van der Waals surface area contributed by atoms with E-state index in [9.17, 15) is 26.3 Å². The van der Waals surface area contributed by atoms with Gasteiger partial charge >= 0.3 is 19.5 Å². The Morgan fingerprint density at radius 3 is 1.63 bits per heavy atom. The summed E-state index contributed by atoms with van der Waals surface area (Å²) in [6.07, 6.45) is -5.40. The normalized spacial score (nSPS) is 11.0. The summed E-state index contributed by atoms with van der Waals surface area (Å²) in [5.41, 5.74) is 1.38. The lowest BCUT2D eigenvalue weighted by Crippen LogP contribution is -2.30. The van der Waals surface area contributed by atoms with E-state index in [0.29, 0.717) is 17.2 Å². The van der Waals surface area contributed by atoms with E-state index in [1.165, 1.54) is 12.1 Å². The van der Waals surface area contributed by atoms with Crippen LogP contribution in [0.1, 0.15) is 22.5 Å². The van der Waals surface area contributed by atoms with Gasteiger partial charge in [0.1, 0.15) is 0 Å². The highest BCUT2D eigenvalue weighted by atomic mass is 79.9. The second-order valence-electron chi connectivity index (χ2n) is 7.88. The fraction of sp³-hybridized carbons (Fsp3) is 0.154. The fourth-order valence-corrected chi connectivity index (χ4v) is 3.07. The molecule has 4 rings (SSSR count). The summed E-state index contributed by atoms with van der Waals surface area (Å²) in [4.78, 5) is 8.10. The van der Waals surface area contributed by atoms with Crippen LogP contribution in [0, 0.1) is 13.8 Å². The van der Waals surface area contributed by atoms with Gasteiger partial charge in [0, 0.05) is 33.8 Å². The molecule has 2 aromatic heterocycles. The molecular formula is C26H22BBrF6N2O2. The maximum absolute atomic E-state index is 12.5. The topological polar surface area (TPSA) is 66.2 Å². The molecule has 0 aliphatic heterocycles. The van der Waals surface area contributed by atoms with Gasteiger partial charge in [0.05, 0.1) is 11.1 Å². The minimum Gasteiger partial charge on any atom is -0.423 e. The Hall–Kier alpha value is -3.22. The highest BCUT2D eigenvalue weighted by molar-refractivity contribution is 9.10. The van der Waals surface area contributed by atoms with Crippen LogP contribution in [0.5, 0.6) is 0 Å². The van der Waals surface area contributed by atoms with E-state index in [1.54, 1.807) is 30.6 Å². The molecule has 4 nitrogen and oxygen atoms in total. The average Bonchev–Trinajstić information content (AvgIpc) is 2.86. The molecule has 0 saturated carbocycles. The van der Waals surface area contributed by atoms with E-state index in [0.717, 1.165) is 40.1 Å². The largest absolute Gasteiger partial charge is 0.488 e. The van der Waals surface area contributed by atoms with Gasteiger partial charge in [-0.25, -0.2) is 0 Å². The van der Waals surface area contributed by atoms with E-state index < -0.39 is 30.6 Å². The maximum atomic E-state index is 12.5. The van der Waals surface area contributed by atoms with Gasteiger partial charge in [-0.05, 0) is 71.1 Å². The SMILES string of the molecule is Cc1ccc(-c2cccc(C(F)(F)F)c2)cn1.Cc1ccc(Br)cn1.OB(O)c1cccc(C(F)(F)F)c1. The highest BCUT2D eigenvalue weighted by Crippen LogP contribution is 2.32. The van der Waals surface area contributed by atoms with Gasteiger partial charge in [-0.15, -0.1) is 0 Å². The monoisotopic (exact) mass is 598 g/mol. The third-order valence-corrected chi connectivity index (χ3v) is 5.29. The Morgan fingerprint density at radius 1 is 0.658 bits per heavy atom. The van der Waals surface area contributed by atoms with Crippen molar-refractivity contribution in [1.29, 1.82) is 0 Å². The molecule has 12 heteroatoms. The first-order valence-corrected chi connectivity index (χ1v) is 11.7. The van der Waals surface area contributed by atoms with Crippen LogP contribution in [-0.2, 0) is 12.4 Å². The van der Waals surface area contributed by atoms with Crippen LogP contribution in [0.3, 0.4) is 0 Å². The van der Waals surface area contributed by atoms with Gasteiger partial charge in [-0.3, -0.25) is 9.97 Å². The lowest BCUT2D eigenvalue weighted by atomic mass is 9.79. The van der Waals surface area contributed by atoms with Crippen molar-refractivity contribution in [2.75, 3.05) is 0 Å². The summed E-state index contributed by atoms with van der Waals surface area (Å²) in [5.74, 6) is 0. The second-order valence-corrected chi connectivity index (χ2v) is 8.80. The molecular weight excluding hydrogens is 577 g/mol. The number of nitrogens with zero attached hydrogens (tertiary/aromatic N) is 2.